The standard InChI is InChI=1S/C25H31F3N2O4/c1-4-33-22-7-5-19(6-8-22)30(20-13-15-29(16-14-20)17-25(26,27)28)24(31)18(2)34-23-11-9-21(32-3)10-12-23/h5-12,18,20H,4,13-17H2,1-3H3. The van der Waals surface area contributed by atoms with Crippen molar-refractivity contribution in [1.82, 2.24) is 4.90 Å². The molecule has 1 fully saturated rings. The van der Waals surface area contributed by atoms with Crippen molar-refractivity contribution in [2.24, 2.45) is 0 Å². The molecule has 1 aliphatic rings. The highest BCUT2D eigenvalue weighted by Gasteiger charge is 2.36. The first kappa shape index (κ1) is 25.7. The number of hydrogen-bond acceptors (Lipinski definition) is 5. The van der Waals surface area contributed by atoms with E-state index in [0.717, 1.165) is 0 Å². The first-order valence-electron chi connectivity index (χ1n) is 11.4. The number of methoxy groups -OCH3 is 1. The summed E-state index contributed by atoms with van der Waals surface area (Å²) >= 11 is 0. The van der Waals surface area contributed by atoms with E-state index in [2.05, 4.69) is 0 Å². The van der Waals surface area contributed by atoms with Crippen LogP contribution in [0, 0.1) is 0 Å². The summed E-state index contributed by atoms with van der Waals surface area (Å²) in [5, 5.41) is 0. The van der Waals surface area contributed by atoms with Gasteiger partial charge in [0.2, 0.25) is 0 Å². The van der Waals surface area contributed by atoms with Crippen molar-refractivity contribution >= 4 is 11.6 Å². The Morgan fingerprint density at radius 2 is 1.59 bits per heavy atom. The number of amides is 1. The van der Waals surface area contributed by atoms with Gasteiger partial charge in [-0.25, -0.2) is 0 Å². The van der Waals surface area contributed by atoms with Gasteiger partial charge in [0.1, 0.15) is 17.2 Å². The summed E-state index contributed by atoms with van der Waals surface area (Å²) in [6.45, 7) is 3.67. The average Bonchev–Trinajstić information content (AvgIpc) is 2.81. The summed E-state index contributed by atoms with van der Waals surface area (Å²) in [4.78, 5) is 16.6. The molecular weight excluding hydrogens is 449 g/mol. The number of alkyl halides is 3. The Balaban J connectivity index is 1.77. The van der Waals surface area contributed by atoms with Gasteiger partial charge in [-0.3, -0.25) is 9.69 Å². The lowest BCUT2D eigenvalue weighted by Crippen LogP contribution is -2.52. The smallest absolute Gasteiger partial charge is 0.401 e. The fraction of sp³-hybridized carbons (Fsp3) is 0.480. The topological polar surface area (TPSA) is 51.2 Å². The molecule has 0 radical (unpaired) electrons. The molecule has 1 heterocycles. The first-order chi connectivity index (χ1) is 16.2. The predicted octanol–water partition coefficient (Wildman–Crippen LogP) is 4.92. The van der Waals surface area contributed by atoms with E-state index in [0.29, 0.717) is 42.4 Å². The number of hydrogen-bond donors (Lipinski definition) is 0. The second-order valence-electron chi connectivity index (χ2n) is 8.19. The van der Waals surface area contributed by atoms with Gasteiger partial charge in [-0.05, 0) is 75.2 Å². The van der Waals surface area contributed by atoms with Crippen molar-refractivity contribution in [2.45, 2.75) is 45.0 Å². The third-order valence-electron chi connectivity index (χ3n) is 5.71. The summed E-state index contributed by atoms with van der Waals surface area (Å²) in [5.41, 5.74) is 0.660. The Hall–Kier alpha value is -2.94. The van der Waals surface area contributed by atoms with E-state index in [-0.39, 0.29) is 25.0 Å². The number of ether oxygens (including phenoxy) is 3. The van der Waals surface area contributed by atoms with Crippen LogP contribution in [-0.4, -0.2) is 62.5 Å². The fourth-order valence-electron chi connectivity index (χ4n) is 4.08. The summed E-state index contributed by atoms with van der Waals surface area (Å²) in [7, 11) is 1.57. The van der Waals surface area contributed by atoms with Crippen molar-refractivity contribution in [1.29, 1.82) is 0 Å². The Bertz CT molecular complexity index is 911. The van der Waals surface area contributed by atoms with Gasteiger partial charge in [-0.2, -0.15) is 13.2 Å². The highest BCUT2D eigenvalue weighted by Crippen LogP contribution is 2.29. The second kappa shape index (κ2) is 11.5. The molecule has 2 aromatic carbocycles. The van der Waals surface area contributed by atoms with Crippen molar-refractivity contribution < 1.29 is 32.2 Å². The Kier molecular flexibility index (Phi) is 8.66. The lowest BCUT2D eigenvalue weighted by Gasteiger charge is -2.39. The minimum atomic E-state index is -4.24. The van der Waals surface area contributed by atoms with E-state index in [9.17, 15) is 18.0 Å². The van der Waals surface area contributed by atoms with E-state index in [1.165, 1.54) is 4.90 Å². The van der Waals surface area contributed by atoms with Crippen molar-refractivity contribution in [3.05, 3.63) is 48.5 Å². The van der Waals surface area contributed by atoms with Crippen LogP contribution >= 0.6 is 0 Å². The fourth-order valence-corrected chi connectivity index (χ4v) is 4.08. The largest absolute Gasteiger partial charge is 0.497 e. The van der Waals surface area contributed by atoms with Crippen LogP contribution in [0.15, 0.2) is 48.5 Å². The molecule has 1 atom stereocenters. The molecule has 0 spiro atoms. The quantitative estimate of drug-likeness (QED) is 0.510. The number of halogens is 3. The van der Waals surface area contributed by atoms with Crippen LogP contribution in [0.1, 0.15) is 26.7 Å². The minimum absolute atomic E-state index is 0.239. The molecule has 1 saturated heterocycles. The van der Waals surface area contributed by atoms with E-state index in [1.807, 2.05) is 6.92 Å². The molecule has 0 aromatic heterocycles. The number of anilines is 1. The van der Waals surface area contributed by atoms with Crippen LogP contribution < -0.4 is 19.1 Å². The normalized spacial score (nSPS) is 16.1. The van der Waals surface area contributed by atoms with Crippen LogP contribution in [0.2, 0.25) is 0 Å². The number of piperidine rings is 1. The van der Waals surface area contributed by atoms with Crippen LogP contribution in [0.5, 0.6) is 17.2 Å². The molecule has 186 valence electrons. The summed E-state index contributed by atoms with van der Waals surface area (Å²) < 4.78 is 55.0. The van der Waals surface area contributed by atoms with Crippen LogP contribution in [0.25, 0.3) is 0 Å². The van der Waals surface area contributed by atoms with Gasteiger partial charge in [0.05, 0.1) is 20.3 Å². The maximum absolute atomic E-state index is 13.5. The van der Waals surface area contributed by atoms with Crippen LogP contribution in [-0.2, 0) is 4.79 Å². The van der Waals surface area contributed by atoms with Crippen molar-refractivity contribution in [3.8, 4) is 17.2 Å². The molecule has 34 heavy (non-hydrogen) atoms. The zero-order valence-corrected chi connectivity index (χ0v) is 19.7. The lowest BCUT2D eigenvalue weighted by atomic mass is 10.0. The van der Waals surface area contributed by atoms with Crippen LogP contribution in [0.3, 0.4) is 0 Å². The number of carbonyl (C=O) groups excluding carboxylic acids is 1. The van der Waals surface area contributed by atoms with Crippen molar-refractivity contribution in [3.63, 3.8) is 0 Å². The predicted molar refractivity (Wildman–Crippen MR) is 124 cm³/mol. The van der Waals surface area contributed by atoms with E-state index < -0.39 is 18.8 Å². The molecule has 2 aromatic rings. The zero-order valence-electron chi connectivity index (χ0n) is 19.7. The van der Waals surface area contributed by atoms with Crippen molar-refractivity contribution in [2.75, 3.05) is 38.3 Å². The molecular formula is C25H31F3N2O4. The summed E-state index contributed by atoms with van der Waals surface area (Å²) in [6, 6.07) is 13.9. The Morgan fingerprint density at radius 1 is 1.03 bits per heavy atom. The highest BCUT2D eigenvalue weighted by atomic mass is 19.4. The molecule has 1 unspecified atom stereocenters. The number of benzene rings is 2. The molecule has 1 amide bonds. The maximum Gasteiger partial charge on any atom is 0.401 e. The Labute approximate surface area is 198 Å². The number of likely N-dealkylation sites (tertiary alicyclic amines) is 1. The van der Waals surface area contributed by atoms with E-state index in [1.54, 1.807) is 67.5 Å². The molecule has 0 aliphatic carbocycles. The highest BCUT2D eigenvalue weighted by molar-refractivity contribution is 5.97. The Morgan fingerprint density at radius 3 is 2.12 bits per heavy atom. The SMILES string of the molecule is CCOc1ccc(N(C(=O)C(C)Oc2ccc(OC)cc2)C2CCN(CC(F)(F)F)CC2)cc1. The van der Waals surface area contributed by atoms with Crippen LogP contribution in [0.4, 0.5) is 18.9 Å². The van der Waals surface area contributed by atoms with Gasteiger partial charge in [-0.1, -0.05) is 0 Å². The monoisotopic (exact) mass is 480 g/mol. The average molecular weight is 481 g/mol. The molecule has 0 bridgehead atoms. The molecule has 3 rings (SSSR count). The van der Waals surface area contributed by atoms with Gasteiger partial charge in [-0.15, -0.1) is 0 Å². The van der Waals surface area contributed by atoms with Gasteiger partial charge in [0.25, 0.3) is 5.91 Å². The molecule has 9 heteroatoms. The lowest BCUT2D eigenvalue weighted by molar-refractivity contribution is -0.148. The van der Waals surface area contributed by atoms with Gasteiger partial charge in [0.15, 0.2) is 6.10 Å². The third kappa shape index (κ3) is 7.03. The van der Waals surface area contributed by atoms with E-state index >= 15 is 0 Å². The summed E-state index contributed by atoms with van der Waals surface area (Å²) in [6.07, 6.45) is -4.17. The molecule has 6 nitrogen and oxygen atoms in total. The van der Waals surface area contributed by atoms with Gasteiger partial charge >= 0.3 is 6.18 Å². The third-order valence-corrected chi connectivity index (χ3v) is 5.71. The molecule has 0 saturated carbocycles. The number of carbonyl (C=O) groups is 1. The van der Waals surface area contributed by atoms with E-state index in [4.69, 9.17) is 14.2 Å². The number of nitrogens with zero attached hydrogens (tertiary/aromatic N) is 2. The summed E-state index contributed by atoms with van der Waals surface area (Å²) in [5.74, 6) is 1.62. The molecule has 1 aliphatic heterocycles. The second-order valence-corrected chi connectivity index (χ2v) is 8.19. The molecule has 0 N–H and O–H groups in total. The minimum Gasteiger partial charge on any atom is -0.497 e. The zero-order chi connectivity index (χ0) is 24.7. The van der Waals surface area contributed by atoms with Gasteiger partial charge in [0, 0.05) is 24.8 Å². The number of rotatable bonds is 9. The first-order valence-corrected chi connectivity index (χ1v) is 11.4. The van der Waals surface area contributed by atoms with Gasteiger partial charge < -0.3 is 19.1 Å². The maximum atomic E-state index is 13.5.